The number of carbonyl (C=O) groups is 2. The monoisotopic (exact) mass is 491 g/mol. The molecule has 13 heteroatoms. The molecule has 3 aromatic heterocycles. The van der Waals surface area contributed by atoms with Gasteiger partial charge < -0.3 is 38.0 Å². The zero-order chi connectivity index (χ0) is 25.3. The van der Waals surface area contributed by atoms with E-state index in [1.165, 1.54) is 13.4 Å². The molecule has 1 atom stereocenters. The number of hydrogen-bond acceptors (Lipinski definition) is 10. The van der Waals surface area contributed by atoms with E-state index in [1.807, 2.05) is 6.07 Å². The van der Waals surface area contributed by atoms with Crippen molar-refractivity contribution in [2.75, 3.05) is 23.9 Å². The van der Waals surface area contributed by atoms with Crippen LogP contribution in [-0.2, 0) is 11.2 Å². The third-order valence-electron chi connectivity index (χ3n) is 5.31. The number of nitrogens with two attached hydrogens (primary N) is 4. The van der Waals surface area contributed by atoms with Crippen molar-refractivity contribution in [3.8, 4) is 22.9 Å². The van der Waals surface area contributed by atoms with E-state index in [0.717, 1.165) is 11.3 Å². The van der Waals surface area contributed by atoms with Gasteiger partial charge in [0.25, 0.3) is 5.91 Å². The van der Waals surface area contributed by atoms with Gasteiger partial charge in [0.05, 0.1) is 36.5 Å². The summed E-state index contributed by atoms with van der Waals surface area (Å²) in [4.78, 5) is 36.2. The average molecular weight is 492 g/mol. The zero-order valence-electron chi connectivity index (χ0n) is 18.5. The summed E-state index contributed by atoms with van der Waals surface area (Å²) in [6.45, 7) is 0. The summed E-state index contributed by atoms with van der Waals surface area (Å²) in [7, 11) is 1.45. The Morgan fingerprint density at radius 2 is 2.11 bits per heavy atom. The summed E-state index contributed by atoms with van der Waals surface area (Å²) in [5.74, 6) is -0.854. The Balaban J connectivity index is 1.82. The van der Waals surface area contributed by atoms with E-state index < -0.39 is 17.9 Å². The lowest BCUT2D eigenvalue weighted by Gasteiger charge is -2.16. The Labute approximate surface area is 202 Å². The number of primary amides is 1. The Morgan fingerprint density at radius 3 is 2.74 bits per heavy atom. The smallest absolute Gasteiger partial charge is 0.260 e. The highest BCUT2D eigenvalue weighted by molar-refractivity contribution is 7.21. The van der Waals surface area contributed by atoms with Gasteiger partial charge in [0.2, 0.25) is 5.91 Å². The molecule has 178 valence electrons. The number of pyridine rings is 1. The Hall–Kier alpha value is -4.67. The van der Waals surface area contributed by atoms with Crippen molar-refractivity contribution in [3.63, 3.8) is 0 Å². The maximum absolute atomic E-state index is 12.8. The molecule has 0 aliphatic rings. The van der Waals surface area contributed by atoms with Crippen molar-refractivity contribution in [2.45, 2.75) is 12.5 Å². The third-order valence-corrected chi connectivity index (χ3v) is 6.42. The van der Waals surface area contributed by atoms with E-state index in [4.69, 9.17) is 27.7 Å². The van der Waals surface area contributed by atoms with E-state index in [1.54, 1.807) is 24.4 Å². The number of nitrogens with zero attached hydrogens (tertiary/aromatic N) is 3. The number of H-pyrrole nitrogens is 1. The fraction of sp³-hybridized carbons (Fsp3) is 0.136. The first kappa shape index (κ1) is 23.5. The topological polar surface area (TPSA) is 225 Å². The minimum Gasteiger partial charge on any atom is -0.495 e. The Bertz CT molecular complexity index is 1490. The maximum atomic E-state index is 12.8. The number of rotatable bonds is 7. The van der Waals surface area contributed by atoms with Crippen molar-refractivity contribution in [1.29, 1.82) is 5.26 Å². The van der Waals surface area contributed by atoms with Crippen LogP contribution < -0.4 is 33.0 Å². The molecule has 10 N–H and O–H groups in total. The number of aromatic amines is 1. The number of aromatic nitrogens is 3. The van der Waals surface area contributed by atoms with Crippen LogP contribution in [0, 0.1) is 11.3 Å². The largest absolute Gasteiger partial charge is 0.495 e. The molecule has 0 radical (unpaired) electrons. The molecule has 0 saturated carbocycles. The first-order valence-electron chi connectivity index (χ1n) is 10.2. The summed E-state index contributed by atoms with van der Waals surface area (Å²) in [5.41, 5.74) is 25.7. The molecule has 0 bridgehead atoms. The molecule has 0 aliphatic carbocycles. The standard InChI is InChI=1S/C22H21N9O3S/c1-34-14-3-2-9(4-13(14)30-21(33)12(24)5-10-7-28-8-29-10)15-11(6-23)19(26)31-22-16(15)17(25)18(35-22)20(27)32/h2-4,7-8,12H,5,24-25H2,1H3,(H2,26,31)(H2,27,32)(H,28,29)(H,30,33)/t12-/m0/s1. The summed E-state index contributed by atoms with van der Waals surface area (Å²) in [5, 5.41) is 12.9. The van der Waals surface area contributed by atoms with Crippen LogP contribution in [-0.4, -0.2) is 39.9 Å². The fourth-order valence-electron chi connectivity index (χ4n) is 3.66. The molecule has 3 heterocycles. The van der Waals surface area contributed by atoms with Crippen LogP contribution in [0.5, 0.6) is 5.75 Å². The molecular weight excluding hydrogens is 470 g/mol. The lowest BCUT2D eigenvalue weighted by Crippen LogP contribution is -2.37. The van der Waals surface area contributed by atoms with E-state index in [0.29, 0.717) is 38.5 Å². The molecule has 1 aromatic carbocycles. The van der Waals surface area contributed by atoms with E-state index >= 15 is 0 Å². The van der Waals surface area contributed by atoms with Gasteiger partial charge in [-0.2, -0.15) is 5.26 Å². The number of amides is 2. The van der Waals surface area contributed by atoms with Gasteiger partial charge >= 0.3 is 0 Å². The maximum Gasteiger partial charge on any atom is 0.260 e. The summed E-state index contributed by atoms with van der Waals surface area (Å²) in [6.07, 6.45) is 3.38. The first-order chi connectivity index (χ1) is 16.7. The third kappa shape index (κ3) is 4.31. The van der Waals surface area contributed by atoms with Gasteiger partial charge in [-0.05, 0) is 17.7 Å². The van der Waals surface area contributed by atoms with Crippen LogP contribution in [0.25, 0.3) is 21.3 Å². The predicted molar refractivity (Wildman–Crippen MR) is 133 cm³/mol. The molecule has 2 amide bonds. The SMILES string of the molecule is COc1ccc(-c2c(C#N)c(N)nc3sc(C(N)=O)c(N)c23)cc1NC(=O)[C@@H](N)Cc1c[nH]cn1. The van der Waals surface area contributed by atoms with Crippen LogP contribution >= 0.6 is 11.3 Å². The van der Waals surface area contributed by atoms with Crippen LogP contribution in [0.15, 0.2) is 30.7 Å². The fourth-order valence-corrected chi connectivity index (χ4v) is 4.63. The number of nitriles is 1. The van der Waals surface area contributed by atoms with E-state index in [2.05, 4.69) is 20.3 Å². The normalized spacial score (nSPS) is 11.7. The summed E-state index contributed by atoms with van der Waals surface area (Å²) >= 11 is 0.983. The second kappa shape index (κ2) is 9.29. The minimum atomic E-state index is -0.879. The number of ether oxygens (including phenoxy) is 1. The van der Waals surface area contributed by atoms with Gasteiger partial charge in [-0.15, -0.1) is 11.3 Å². The highest BCUT2D eigenvalue weighted by Gasteiger charge is 2.24. The number of nitrogen functional groups attached to an aromatic ring is 2. The second-order valence-corrected chi connectivity index (χ2v) is 8.52. The van der Waals surface area contributed by atoms with Gasteiger partial charge in [0, 0.05) is 23.6 Å². The molecule has 0 spiro atoms. The number of hydrogen-bond donors (Lipinski definition) is 6. The van der Waals surface area contributed by atoms with Crippen molar-refractivity contribution >= 4 is 50.6 Å². The Morgan fingerprint density at radius 1 is 1.34 bits per heavy atom. The van der Waals surface area contributed by atoms with Crippen molar-refractivity contribution in [3.05, 3.63) is 46.9 Å². The molecule has 35 heavy (non-hydrogen) atoms. The molecule has 12 nitrogen and oxygen atoms in total. The zero-order valence-corrected chi connectivity index (χ0v) is 19.3. The van der Waals surface area contributed by atoms with Crippen LogP contribution in [0.1, 0.15) is 20.9 Å². The number of anilines is 3. The summed E-state index contributed by atoms with van der Waals surface area (Å²) < 4.78 is 5.39. The number of carbonyl (C=O) groups excluding carboxylic acids is 2. The van der Waals surface area contributed by atoms with Crippen LogP contribution in [0.2, 0.25) is 0 Å². The number of nitrogens with one attached hydrogen (secondary N) is 2. The van der Waals surface area contributed by atoms with E-state index in [9.17, 15) is 14.9 Å². The highest BCUT2D eigenvalue weighted by atomic mass is 32.1. The molecule has 0 saturated heterocycles. The van der Waals surface area contributed by atoms with Gasteiger partial charge in [0.1, 0.15) is 32.9 Å². The molecule has 0 aliphatic heterocycles. The van der Waals surface area contributed by atoms with Crippen molar-refractivity contribution in [1.82, 2.24) is 15.0 Å². The van der Waals surface area contributed by atoms with Crippen molar-refractivity contribution < 1.29 is 14.3 Å². The molecule has 0 unspecified atom stereocenters. The number of methoxy groups -OCH3 is 1. The highest BCUT2D eigenvalue weighted by Crippen LogP contribution is 2.43. The second-order valence-electron chi connectivity index (χ2n) is 7.52. The lowest BCUT2D eigenvalue weighted by molar-refractivity contribution is -0.117. The van der Waals surface area contributed by atoms with E-state index in [-0.39, 0.29) is 28.4 Å². The Kier molecular flexibility index (Phi) is 6.24. The number of imidazole rings is 1. The van der Waals surface area contributed by atoms with Crippen LogP contribution in [0.4, 0.5) is 17.2 Å². The van der Waals surface area contributed by atoms with Crippen LogP contribution in [0.3, 0.4) is 0 Å². The molecule has 0 fully saturated rings. The minimum absolute atomic E-state index is 0.0327. The summed E-state index contributed by atoms with van der Waals surface area (Å²) in [6, 6.07) is 6.07. The lowest BCUT2D eigenvalue weighted by atomic mass is 9.96. The molecule has 4 rings (SSSR count). The quantitative estimate of drug-likeness (QED) is 0.219. The van der Waals surface area contributed by atoms with Gasteiger partial charge in [-0.3, -0.25) is 9.59 Å². The molecule has 4 aromatic rings. The number of benzene rings is 1. The number of thiophene rings is 1. The van der Waals surface area contributed by atoms with Crippen molar-refractivity contribution in [2.24, 2.45) is 11.5 Å². The average Bonchev–Trinajstić information content (AvgIpc) is 3.45. The van der Waals surface area contributed by atoms with Gasteiger partial charge in [-0.25, -0.2) is 9.97 Å². The first-order valence-corrected chi connectivity index (χ1v) is 11.0. The predicted octanol–water partition coefficient (Wildman–Crippen LogP) is 1.34. The molecular formula is C22H21N9O3S. The van der Waals surface area contributed by atoms with Gasteiger partial charge in [0.15, 0.2) is 0 Å². The van der Waals surface area contributed by atoms with Gasteiger partial charge in [-0.1, -0.05) is 6.07 Å². The number of fused-ring (bicyclic) bond motifs is 1.